The molecule has 320 valence electrons. The van der Waals surface area contributed by atoms with Crippen LogP contribution >= 0.6 is 0 Å². The molecule has 2 aliphatic heterocycles. The molecule has 2 saturated heterocycles. The molecule has 21 heteroatoms. The van der Waals surface area contributed by atoms with Gasteiger partial charge in [-0.15, -0.1) is 0 Å². The predicted octanol–water partition coefficient (Wildman–Crippen LogP) is -0.149. The van der Waals surface area contributed by atoms with Crippen molar-refractivity contribution in [3.8, 4) is 45.8 Å². The van der Waals surface area contributed by atoms with Gasteiger partial charge in [0.15, 0.2) is 11.5 Å². The van der Waals surface area contributed by atoms with Gasteiger partial charge in [-0.1, -0.05) is 6.07 Å². The lowest BCUT2D eigenvalue weighted by atomic mass is 9.99. The highest BCUT2D eigenvalue weighted by atomic mass is 16.7. The number of carbonyl (C=O) groups is 3. The Morgan fingerprint density at radius 2 is 1.25 bits per heavy atom. The van der Waals surface area contributed by atoms with E-state index in [1.807, 2.05) is 0 Å². The first kappa shape index (κ1) is 43.3. The number of aliphatic hydroxyl groups excluding tert-OH is 6. The first-order chi connectivity index (χ1) is 28.5. The van der Waals surface area contributed by atoms with Gasteiger partial charge in [0.2, 0.25) is 18.3 Å². The van der Waals surface area contributed by atoms with Gasteiger partial charge in [-0.3, -0.25) is 9.59 Å². The van der Waals surface area contributed by atoms with Gasteiger partial charge < -0.3 is 84.6 Å². The highest BCUT2D eigenvalue weighted by Crippen LogP contribution is 2.42. The van der Waals surface area contributed by atoms with E-state index < -0.39 is 110 Å². The summed E-state index contributed by atoms with van der Waals surface area (Å²) in [6.07, 6.45) is -16.8. The number of carboxylic acid groups (broad SMARTS) is 1. The molecule has 4 aromatic rings. The van der Waals surface area contributed by atoms with Gasteiger partial charge in [-0.2, -0.15) is 0 Å². The Labute approximate surface area is 337 Å². The largest absolute Gasteiger partial charge is 0.508 e. The second kappa shape index (κ2) is 18.3. The monoisotopic (exact) mass is 843 g/mol. The topological polar surface area (TPSA) is 340 Å². The van der Waals surface area contributed by atoms with Crippen molar-refractivity contribution in [3.05, 3.63) is 72.3 Å². The summed E-state index contributed by atoms with van der Waals surface area (Å²) in [5.74, 6) is -5.65. The minimum atomic E-state index is -1.95. The van der Waals surface area contributed by atoms with Crippen molar-refractivity contribution in [1.82, 2.24) is 0 Å². The maximum Gasteiger partial charge on any atom is 0.402 e. The van der Waals surface area contributed by atoms with Crippen LogP contribution in [0.2, 0.25) is 0 Å². The number of benzene rings is 3. The van der Waals surface area contributed by atoms with E-state index in [2.05, 4.69) is 0 Å². The van der Waals surface area contributed by atoms with Crippen molar-refractivity contribution in [1.29, 1.82) is 0 Å². The molecule has 3 aromatic carbocycles. The van der Waals surface area contributed by atoms with Crippen LogP contribution < -0.4 is 9.47 Å². The lowest BCUT2D eigenvalue weighted by Gasteiger charge is -2.40. The van der Waals surface area contributed by atoms with Gasteiger partial charge in [-0.25, -0.2) is 9.21 Å². The van der Waals surface area contributed by atoms with E-state index >= 15 is 0 Å². The Morgan fingerprint density at radius 1 is 0.650 bits per heavy atom. The van der Waals surface area contributed by atoms with Gasteiger partial charge in [0, 0.05) is 18.2 Å². The summed E-state index contributed by atoms with van der Waals surface area (Å²) in [4.78, 5) is 35.2. The molecule has 21 nitrogen and oxygen atoms in total. The van der Waals surface area contributed by atoms with Gasteiger partial charge in [0.1, 0.15) is 91.1 Å². The van der Waals surface area contributed by atoms with Crippen LogP contribution in [0.5, 0.6) is 34.5 Å². The first-order valence-corrected chi connectivity index (χ1v) is 17.9. The molecule has 0 aliphatic carbocycles. The molecule has 5 unspecified atom stereocenters. The zero-order chi connectivity index (χ0) is 43.4. The van der Waals surface area contributed by atoms with Gasteiger partial charge in [0.05, 0.1) is 11.6 Å². The second-order valence-corrected chi connectivity index (χ2v) is 13.6. The number of aliphatic carboxylic acids is 1. The maximum atomic E-state index is 12.5. The standard InChI is InChI=1S/C39H38O21/c40-18-5-3-17(4-6-18)37-25(58-39-36(53)34(51)31(48)26(60-39)14-54-29(46)8-2-16-1-7-21(42)22(43)9-16)12-20-23(56-37)10-19(41)11-24(20)57-38-35(52)33(50)32(49)27(59-38)15-55-30(47)13-28(44)45/h1-12,26-27,31-36,38-39,48-53H,13-15H2,(H4-,40,41,42,43,44,45,46)/p+1/t26?,27?,31-,32-,33+,34?,35?,36?,38-,39-/m1/s1. The molecule has 60 heavy (non-hydrogen) atoms. The molecule has 2 fully saturated rings. The summed E-state index contributed by atoms with van der Waals surface area (Å²) < 4.78 is 39.4. The number of ether oxygens (including phenoxy) is 6. The summed E-state index contributed by atoms with van der Waals surface area (Å²) in [7, 11) is 0. The third-order valence-corrected chi connectivity index (χ3v) is 9.26. The predicted molar refractivity (Wildman–Crippen MR) is 197 cm³/mol. The number of rotatable bonds is 13. The van der Waals surface area contributed by atoms with Crippen LogP contribution in [0.4, 0.5) is 0 Å². The fourth-order valence-electron chi connectivity index (χ4n) is 6.09. The number of fused-ring (bicyclic) bond motifs is 1. The molecule has 0 radical (unpaired) electrons. The molecule has 3 heterocycles. The fourth-order valence-corrected chi connectivity index (χ4v) is 6.09. The Bertz CT molecular complexity index is 2230. The number of esters is 2. The number of aromatic hydroxyl groups is 4. The average molecular weight is 844 g/mol. The van der Waals surface area contributed by atoms with E-state index in [4.69, 9.17) is 37.9 Å². The maximum absolute atomic E-state index is 12.5. The van der Waals surface area contributed by atoms with Crippen LogP contribution in [-0.4, -0.2) is 149 Å². The molecule has 6 rings (SSSR count). The molecular weight excluding hydrogens is 804 g/mol. The van der Waals surface area contributed by atoms with E-state index in [0.29, 0.717) is 5.56 Å². The number of carboxylic acids is 1. The summed E-state index contributed by atoms with van der Waals surface area (Å²) >= 11 is 0. The number of carbonyl (C=O) groups excluding carboxylic acids is 2. The Hall–Kier alpha value is -6.30. The van der Waals surface area contributed by atoms with Crippen molar-refractivity contribution in [2.75, 3.05) is 13.2 Å². The molecule has 10 atom stereocenters. The van der Waals surface area contributed by atoms with Crippen molar-refractivity contribution in [2.24, 2.45) is 0 Å². The Balaban J connectivity index is 1.27. The van der Waals surface area contributed by atoms with Crippen LogP contribution in [0.3, 0.4) is 0 Å². The lowest BCUT2D eigenvalue weighted by molar-refractivity contribution is -0.278. The van der Waals surface area contributed by atoms with Crippen LogP contribution in [0.25, 0.3) is 28.4 Å². The molecule has 0 saturated carbocycles. The molecule has 2 aliphatic rings. The Kier molecular flexibility index (Phi) is 13.2. The van der Waals surface area contributed by atoms with Crippen molar-refractivity contribution in [2.45, 2.75) is 67.8 Å². The Morgan fingerprint density at radius 3 is 1.85 bits per heavy atom. The molecule has 1 aromatic heterocycles. The smallest absolute Gasteiger partial charge is 0.402 e. The van der Waals surface area contributed by atoms with Crippen LogP contribution in [0, 0.1) is 0 Å². The molecular formula is C39H39O21+. The zero-order valence-corrected chi connectivity index (χ0v) is 30.8. The number of hydrogen-bond acceptors (Lipinski definition) is 19. The van der Waals surface area contributed by atoms with E-state index in [0.717, 1.165) is 18.2 Å². The summed E-state index contributed by atoms with van der Waals surface area (Å²) in [6.45, 7) is -1.42. The second-order valence-electron chi connectivity index (χ2n) is 13.6. The summed E-state index contributed by atoms with van der Waals surface area (Å²) in [5, 5.41) is 113. The van der Waals surface area contributed by atoms with Crippen LogP contribution in [0.1, 0.15) is 12.0 Å². The van der Waals surface area contributed by atoms with Crippen molar-refractivity contribution < 1.29 is 103 Å². The van der Waals surface area contributed by atoms with Crippen molar-refractivity contribution >= 4 is 35.0 Å². The fraction of sp³-hybridized carbons (Fsp3) is 0.333. The third-order valence-electron chi connectivity index (χ3n) is 9.26. The number of hydrogen-bond donors (Lipinski definition) is 11. The number of phenolic OH excluding ortho intramolecular Hbond substituents is 4. The minimum Gasteiger partial charge on any atom is -0.508 e. The van der Waals surface area contributed by atoms with Crippen LogP contribution in [-0.2, 0) is 33.3 Å². The number of aliphatic hydroxyl groups is 6. The van der Waals surface area contributed by atoms with E-state index in [-0.39, 0.29) is 45.3 Å². The summed E-state index contributed by atoms with van der Waals surface area (Å²) in [6, 6.07) is 12.7. The lowest BCUT2D eigenvalue weighted by Crippen LogP contribution is -2.60. The highest BCUT2D eigenvalue weighted by Gasteiger charge is 2.48. The highest BCUT2D eigenvalue weighted by molar-refractivity contribution is 5.90. The zero-order valence-electron chi connectivity index (χ0n) is 30.8. The van der Waals surface area contributed by atoms with Gasteiger partial charge in [0.25, 0.3) is 0 Å². The van der Waals surface area contributed by atoms with Crippen molar-refractivity contribution in [3.63, 3.8) is 0 Å². The first-order valence-electron chi connectivity index (χ1n) is 17.9. The average Bonchev–Trinajstić information content (AvgIpc) is 3.20. The van der Waals surface area contributed by atoms with E-state index in [1.165, 1.54) is 54.6 Å². The third kappa shape index (κ3) is 9.93. The van der Waals surface area contributed by atoms with Gasteiger partial charge >= 0.3 is 29.3 Å². The van der Waals surface area contributed by atoms with E-state index in [1.54, 1.807) is 0 Å². The number of phenols is 4. The molecule has 0 bridgehead atoms. The SMILES string of the molecule is O=C(O)CC(=O)OCC1O[C@@H](Oc2cc(O)cc3[o+]c(-c4ccc(O)cc4)c(O[C@@H]4OC(COC(=O)/C=C/c5ccc(O)c(O)c5)[C@@H](O)C(O)C4O)cc23)C(O)[C@@H](O)[C@@H]1O. The normalized spacial score (nSPS) is 26.7. The van der Waals surface area contributed by atoms with Crippen LogP contribution in [0.15, 0.2) is 71.2 Å². The van der Waals surface area contributed by atoms with E-state index in [9.17, 15) is 65.4 Å². The van der Waals surface area contributed by atoms with Gasteiger partial charge in [-0.05, 0) is 48.0 Å². The quantitative estimate of drug-likeness (QED) is 0.0274. The molecule has 0 spiro atoms. The molecule has 11 N–H and O–H groups in total. The summed E-state index contributed by atoms with van der Waals surface area (Å²) in [5.41, 5.74) is 0.480. The molecule has 0 amide bonds. The minimum absolute atomic E-state index is 0.0312.